The third kappa shape index (κ3) is 4.27. The van der Waals surface area contributed by atoms with E-state index in [0.29, 0.717) is 34.4 Å². The number of hydrogen-bond donors (Lipinski definition) is 0. The summed E-state index contributed by atoms with van der Waals surface area (Å²) in [6.07, 6.45) is 1.68. The van der Waals surface area contributed by atoms with Gasteiger partial charge in [0.15, 0.2) is 12.6 Å². The lowest BCUT2D eigenvalue weighted by molar-refractivity contribution is -0.0175. The van der Waals surface area contributed by atoms with Gasteiger partial charge >= 0.3 is 0 Å². The van der Waals surface area contributed by atoms with E-state index >= 15 is 0 Å². The molecule has 0 amide bonds. The van der Waals surface area contributed by atoms with Crippen molar-refractivity contribution in [3.63, 3.8) is 0 Å². The topological polar surface area (TPSA) is 63.2 Å². The molecule has 0 atom stereocenters. The molecular weight excluding hydrogens is 524 g/mol. The van der Waals surface area contributed by atoms with E-state index in [-0.39, 0.29) is 24.9 Å². The summed E-state index contributed by atoms with van der Waals surface area (Å²) in [5.41, 5.74) is 3.66. The molecule has 3 aromatic carbocycles. The molecule has 0 N–H and O–H groups in total. The van der Waals surface area contributed by atoms with Crippen molar-refractivity contribution in [3.05, 3.63) is 85.5 Å². The smallest absolute Gasteiger partial charge is 0.231 e. The number of methoxy groups -OCH3 is 1. The Morgan fingerprint density at radius 2 is 1.94 bits per heavy atom. The third-order valence-corrected chi connectivity index (χ3v) is 6.36. The minimum Gasteiger partial charge on any atom is -0.496 e. The first-order valence-electron chi connectivity index (χ1n) is 10.5. The van der Waals surface area contributed by atoms with Gasteiger partial charge in [0.25, 0.3) is 0 Å². The first-order valence-corrected chi connectivity index (χ1v) is 11.7. The van der Waals surface area contributed by atoms with Crippen LogP contribution in [-0.4, -0.2) is 19.7 Å². The Balaban J connectivity index is 1.41. The van der Waals surface area contributed by atoms with Crippen LogP contribution in [0.1, 0.15) is 32.6 Å². The lowest BCUT2D eigenvalue weighted by Crippen LogP contribution is -2.14. The molecule has 34 heavy (non-hydrogen) atoms. The maximum Gasteiger partial charge on any atom is 0.231 e. The molecular formula is C26H20BrClO6. The van der Waals surface area contributed by atoms with Crippen molar-refractivity contribution >= 4 is 39.4 Å². The molecule has 2 aliphatic rings. The van der Waals surface area contributed by atoms with E-state index in [1.165, 1.54) is 0 Å². The van der Waals surface area contributed by atoms with E-state index in [9.17, 15) is 4.79 Å². The van der Waals surface area contributed by atoms with Crippen molar-refractivity contribution in [1.82, 2.24) is 0 Å². The van der Waals surface area contributed by atoms with E-state index in [0.717, 1.165) is 32.5 Å². The summed E-state index contributed by atoms with van der Waals surface area (Å²) in [4.78, 5) is 13.0. The lowest BCUT2D eigenvalue weighted by Gasteiger charge is -2.21. The molecule has 0 aromatic heterocycles. The molecule has 0 fully saturated rings. The first kappa shape index (κ1) is 22.8. The van der Waals surface area contributed by atoms with Crippen LogP contribution in [0.5, 0.6) is 23.0 Å². The SMILES string of the molecule is COc1ccc(Br)cc1/C=C1\Oc2c(ccc(OCc3cc(Cl)cc4c3OCOC4)c2C)C1=O. The number of carbonyl (C=O) groups is 1. The number of rotatable bonds is 5. The number of fused-ring (bicyclic) bond motifs is 2. The standard InChI is InChI=1S/C26H20BrClO6/c1-14-21(32-12-17-9-19(28)8-16-11-31-13-33-26(16)17)6-4-20-24(29)23(34-25(14)20)10-15-7-18(27)3-5-22(15)30-2/h3-10H,11-13H2,1-2H3/b23-10-. The highest BCUT2D eigenvalue weighted by Crippen LogP contribution is 2.41. The van der Waals surface area contributed by atoms with Crippen LogP contribution in [0.2, 0.25) is 5.02 Å². The zero-order chi connectivity index (χ0) is 23.8. The predicted molar refractivity (Wildman–Crippen MR) is 131 cm³/mol. The maximum atomic E-state index is 13.0. The molecule has 0 saturated carbocycles. The number of halogens is 2. The number of Topliss-reactive ketones (excluding diaryl/α,β-unsaturated/α-hetero) is 1. The second kappa shape index (κ2) is 9.33. The number of allylic oxidation sites excluding steroid dienone is 1. The molecule has 174 valence electrons. The minimum atomic E-state index is -0.191. The van der Waals surface area contributed by atoms with Crippen molar-refractivity contribution in [3.8, 4) is 23.0 Å². The Labute approximate surface area is 210 Å². The normalized spacial score (nSPS) is 15.4. The molecule has 5 rings (SSSR count). The Kier molecular flexibility index (Phi) is 6.25. The quantitative estimate of drug-likeness (QED) is 0.343. The number of benzene rings is 3. The summed E-state index contributed by atoms with van der Waals surface area (Å²) >= 11 is 9.71. The number of ether oxygens (including phenoxy) is 5. The van der Waals surface area contributed by atoms with Gasteiger partial charge in [-0.3, -0.25) is 4.79 Å². The van der Waals surface area contributed by atoms with Crippen molar-refractivity contribution in [2.24, 2.45) is 0 Å². The summed E-state index contributed by atoms with van der Waals surface area (Å²) in [7, 11) is 1.58. The van der Waals surface area contributed by atoms with Crippen molar-refractivity contribution in [2.45, 2.75) is 20.1 Å². The van der Waals surface area contributed by atoms with Crippen LogP contribution in [0.3, 0.4) is 0 Å². The van der Waals surface area contributed by atoms with Gasteiger partial charge in [-0.05, 0) is 55.5 Å². The van der Waals surface area contributed by atoms with Crippen LogP contribution in [-0.2, 0) is 18.0 Å². The minimum absolute atomic E-state index is 0.188. The van der Waals surface area contributed by atoms with Crippen molar-refractivity contribution < 1.29 is 28.5 Å². The molecule has 0 radical (unpaired) electrons. The van der Waals surface area contributed by atoms with E-state index in [4.69, 9.17) is 35.3 Å². The van der Waals surface area contributed by atoms with Gasteiger partial charge < -0.3 is 23.7 Å². The van der Waals surface area contributed by atoms with Crippen LogP contribution in [0, 0.1) is 6.92 Å². The fourth-order valence-corrected chi connectivity index (χ4v) is 4.65. The Hall–Kier alpha value is -3.00. The monoisotopic (exact) mass is 542 g/mol. The highest BCUT2D eigenvalue weighted by Gasteiger charge is 2.30. The molecule has 2 heterocycles. The summed E-state index contributed by atoms with van der Waals surface area (Å²) in [6, 6.07) is 12.7. The molecule has 0 unspecified atom stereocenters. The largest absolute Gasteiger partial charge is 0.496 e. The van der Waals surface area contributed by atoms with Crippen LogP contribution in [0.4, 0.5) is 0 Å². The number of ketones is 1. The van der Waals surface area contributed by atoms with Crippen LogP contribution in [0.25, 0.3) is 6.08 Å². The Morgan fingerprint density at radius 1 is 1.12 bits per heavy atom. The zero-order valence-corrected chi connectivity index (χ0v) is 20.8. The average molecular weight is 544 g/mol. The molecule has 2 aliphatic heterocycles. The summed E-state index contributed by atoms with van der Waals surface area (Å²) < 4.78 is 29.4. The van der Waals surface area contributed by atoms with Gasteiger partial charge in [-0.2, -0.15) is 0 Å². The van der Waals surface area contributed by atoms with Gasteiger partial charge in [0, 0.05) is 31.7 Å². The van der Waals surface area contributed by atoms with E-state index in [2.05, 4.69) is 15.9 Å². The van der Waals surface area contributed by atoms with Gasteiger partial charge in [0.05, 0.1) is 19.3 Å². The Bertz CT molecular complexity index is 1330. The second-order valence-corrected chi connectivity index (χ2v) is 9.20. The van der Waals surface area contributed by atoms with E-state index in [1.54, 1.807) is 25.3 Å². The lowest BCUT2D eigenvalue weighted by atomic mass is 10.1. The molecule has 6 nitrogen and oxygen atoms in total. The zero-order valence-electron chi connectivity index (χ0n) is 18.4. The third-order valence-electron chi connectivity index (χ3n) is 5.65. The van der Waals surface area contributed by atoms with Gasteiger partial charge in [-0.1, -0.05) is 27.5 Å². The van der Waals surface area contributed by atoms with Crippen LogP contribution in [0.15, 0.2) is 52.7 Å². The van der Waals surface area contributed by atoms with E-state index in [1.807, 2.05) is 37.3 Å². The highest BCUT2D eigenvalue weighted by atomic mass is 79.9. The first-order chi connectivity index (χ1) is 16.4. The summed E-state index contributed by atoms with van der Waals surface area (Å²) in [6.45, 7) is 2.73. The summed E-state index contributed by atoms with van der Waals surface area (Å²) in [5.74, 6) is 2.50. The van der Waals surface area contributed by atoms with E-state index < -0.39 is 0 Å². The van der Waals surface area contributed by atoms with Gasteiger partial charge in [-0.15, -0.1) is 0 Å². The van der Waals surface area contributed by atoms with Crippen molar-refractivity contribution in [1.29, 1.82) is 0 Å². The summed E-state index contributed by atoms with van der Waals surface area (Å²) in [5, 5.41) is 0.587. The van der Waals surface area contributed by atoms with Gasteiger partial charge in [0.2, 0.25) is 5.78 Å². The molecule has 3 aromatic rings. The molecule has 0 saturated heterocycles. The fourth-order valence-electron chi connectivity index (χ4n) is 4.00. The molecule has 8 heteroatoms. The molecule has 0 bridgehead atoms. The average Bonchev–Trinajstić information content (AvgIpc) is 3.14. The molecule has 0 aliphatic carbocycles. The molecule has 0 spiro atoms. The van der Waals surface area contributed by atoms with Gasteiger partial charge in [-0.25, -0.2) is 0 Å². The van der Waals surface area contributed by atoms with Crippen LogP contribution < -0.4 is 18.9 Å². The Morgan fingerprint density at radius 3 is 2.76 bits per heavy atom. The van der Waals surface area contributed by atoms with Crippen molar-refractivity contribution in [2.75, 3.05) is 13.9 Å². The highest BCUT2D eigenvalue weighted by molar-refractivity contribution is 9.10. The van der Waals surface area contributed by atoms with Gasteiger partial charge in [0.1, 0.15) is 29.6 Å². The van der Waals surface area contributed by atoms with Crippen LogP contribution >= 0.6 is 27.5 Å². The fraction of sp³-hybridized carbons (Fsp3) is 0.192. The predicted octanol–water partition coefficient (Wildman–Crippen LogP) is 6.48. The number of carbonyl (C=O) groups excluding carboxylic acids is 1. The number of hydrogen-bond acceptors (Lipinski definition) is 6. The second-order valence-electron chi connectivity index (χ2n) is 7.84. The maximum absolute atomic E-state index is 13.0.